The van der Waals surface area contributed by atoms with Crippen molar-refractivity contribution < 1.29 is 142 Å². The first kappa shape index (κ1) is 45.0. The first-order chi connectivity index (χ1) is 18.9. The first-order valence-corrected chi connectivity index (χ1v) is 22.4. The van der Waals surface area contributed by atoms with E-state index in [4.69, 9.17) is 68.5 Å². The molecule has 1 aliphatic carbocycles. The molecule has 0 aromatic carbocycles. The fraction of sp³-hybridized carbons (Fsp3) is 1.00. The van der Waals surface area contributed by atoms with Crippen LogP contribution in [-0.2, 0) is 63.2 Å². The Morgan fingerprint density at radius 1 is 0.318 bits per heavy atom. The molecule has 8 unspecified atom stereocenters. The first-order valence-electron chi connectivity index (χ1n) is 9.38. The van der Waals surface area contributed by atoms with Gasteiger partial charge in [-0.1, -0.05) is 0 Å². The number of phosphoric acid groups is 6. The second kappa shape index (κ2) is 15.2. The molecule has 0 heterocycles. The number of rotatable bonds is 13. The maximum absolute atomic E-state index is 11.1. The minimum Gasteiger partial charge on any atom is -0.387 e. The molecular formula is C6H22O30P8. The van der Waals surface area contributed by atoms with Crippen LogP contribution < -0.4 is 0 Å². The molecule has 0 spiro atoms. The van der Waals surface area contributed by atoms with Crippen molar-refractivity contribution in [3.63, 3.8) is 0 Å². The molecule has 1 fully saturated rings. The van der Waals surface area contributed by atoms with Gasteiger partial charge in [0.2, 0.25) is 0 Å². The number of phosphoric ester groups is 4. The Hall–Kier alpha value is 0.960. The van der Waals surface area contributed by atoms with Crippen molar-refractivity contribution in [2.24, 2.45) is 0 Å². The normalized spacial score (nSPS) is 28.7. The fourth-order valence-corrected chi connectivity index (χ4v) is 11.2. The Balaban J connectivity index is 0.000000983. The summed E-state index contributed by atoms with van der Waals surface area (Å²) in [5, 5.41) is 19.8. The van der Waals surface area contributed by atoms with Gasteiger partial charge in [-0.05, 0) is 0 Å². The maximum atomic E-state index is 11.1. The van der Waals surface area contributed by atoms with Gasteiger partial charge in [0.25, 0.3) is 0 Å². The zero-order chi connectivity index (χ0) is 35.7. The summed E-state index contributed by atoms with van der Waals surface area (Å²) >= 11 is 0. The second-order valence-corrected chi connectivity index (χ2v) is 20.4. The molecule has 0 aromatic rings. The Bertz CT molecular complexity index is 1260. The van der Waals surface area contributed by atoms with E-state index >= 15 is 0 Å². The van der Waals surface area contributed by atoms with Gasteiger partial charge in [0.15, 0.2) is 0 Å². The zero-order valence-corrected chi connectivity index (χ0v) is 27.1. The SMILES string of the molecule is O=P(O)(O)OC1C(O)C(O)C(OP(=O)(O)O)C(OP(=O)(O)O)C1OP(=O)(O)O.O=P(O)(O)OP(=O)(O)P(=O)(O)OP(=O)(O)O. The zero-order valence-electron chi connectivity index (χ0n) is 19.9. The minimum atomic E-state index is -5.98. The summed E-state index contributed by atoms with van der Waals surface area (Å²) in [6.45, 7) is 0. The predicted octanol–water partition coefficient (Wildman–Crippen LogP) is -3.88. The van der Waals surface area contributed by atoms with Gasteiger partial charge in [-0.25, -0.2) is 36.5 Å². The highest BCUT2D eigenvalue weighted by Gasteiger charge is 2.59. The summed E-state index contributed by atoms with van der Waals surface area (Å²) < 4.78 is 109. The summed E-state index contributed by atoms with van der Waals surface area (Å²) in [4.78, 5) is 121. The molecule has 30 nitrogen and oxygen atoms in total. The molecule has 0 saturated heterocycles. The molecule has 0 radical (unpaired) electrons. The van der Waals surface area contributed by atoms with Gasteiger partial charge in [0.05, 0.1) is 0 Å². The van der Waals surface area contributed by atoms with Crippen molar-refractivity contribution in [1.82, 2.24) is 0 Å². The average molecular weight is 822 g/mol. The number of aliphatic hydroxyl groups is 2. The third-order valence-corrected chi connectivity index (χ3v) is 13.1. The largest absolute Gasteiger partial charge is 0.477 e. The van der Waals surface area contributed by atoms with Gasteiger partial charge in [-0.2, -0.15) is 8.62 Å². The summed E-state index contributed by atoms with van der Waals surface area (Å²) in [6, 6.07) is 0. The predicted molar refractivity (Wildman–Crippen MR) is 126 cm³/mol. The standard InChI is InChI=1S/C6H16O18P4.H6O12P4/c7-1-2(8)4(22-26(12,13)14)6(24-28(18,19)20)5(23-27(15,16)17)3(1)21-25(9,10)11;1-13(2,3)11-15(7,8)16(9,10)12-14(4,5)6/h1-8H,(H2,9,10,11)(H2,12,13,14)(H2,15,16,17)(H2,18,19,20);(H,7,8)(H,9,10)(H2,1,2,3)(H2,4,5,6). The lowest BCUT2D eigenvalue weighted by Gasteiger charge is -2.45. The third kappa shape index (κ3) is 17.4. The number of hydrogen-bond acceptors (Lipinski definition) is 16. The molecule has 16 N–H and O–H groups in total. The molecule has 0 bridgehead atoms. The Morgan fingerprint density at radius 2 is 0.500 bits per heavy atom. The molecule has 0 amide bonds. The maximum Gasteiger partial charge on any atom is 0.477 e. The molecule has 1 rings (SSSR count). The van der Waals surface area contributed by atoms with Gasteiger partial charge >= 0.3 is 61.5 Å². The van der Waals surface area contributed by atoms with Gasteiger partial charge < -0.3 is 78.7 Å². The van der Waals surface area contributed by atoms with Crippen molar-refractivity contribution in [3.8, 4) is 0 Å². The lowest BCUT2D eigenvalue weighted by Crippen LogP contribution is -2.65. The van der Waals surface area contributed by atoms with E-state index in [1.54, 1.807) is 0 Å². The van der Waals surface area contributed by atoms with Crippen LogP contribution in [-0.4, -0.2) is 115 Å². The topological polar surface area (TPSA) is 516 Å². The second-order valence-electron chi connectivity index (χ2n) is 7.35. The van der Waals surface area contributed by atoms with Crippen LogP contribution in [0.3, 0.4) is 0 Å². The quantitative estimate of drug-likeness (QED) is 0.0790. The van der Waals surface area contributed by atoms with E-state index in [1.807, 2.05) is 0 Å². The highest BCUT2D eigenvalue weighted by Crippen LogP contribution is 2.85. The lowest BCUT2D eigenvalue weighted by molar-refractivity contribution is -0.209. The lowest BCUT2D eigenvalue weighted by atomic mass is 9.85. The van der Waals surface area contributed by atoms with Crippen LogP contribution in [0, 0.1) is 0 Å². The Kier molecular flexibility index (Phi) is 15.6. The van der Waals surface area contributed by atoms with Crippen LogP contribution in [0.4, 0.5) is 0 Å². The van der Waals surface area contributed by atoms with Crippen LogP contribution in [0.1, 0.15) is 0 Å². The molecule has 0 aliphatic heterocycles. The van der Waals surface area contributed by atoms with E-state index < -0.39 is 98.1 Å². The van der Waals surface area contributed by atoms with Gasteiger partial charge in [0, 0.05) is 0 Å². The molecule has 8 atom stereocenters. The monoisotopic (exact) mass is 822 g/mol. The molecule has 1 saturated carbocycles. The highest BCUT2D eigenvalue weighted by molar-refractivity contribution is 8.28. The fourth-order valence-electron chi connectivity index (χ4n) is 2.64. The molecule has 44 heavy (non-hydrogen) atoms. The summed E-state index contributed by atoms with van der Waals surface area (Å²) in [5.41, 5.74) is 0. The van der Waals surface area contributed by atoms with Crippen molar-refractivity contribution in [3.05, 3.63) is 0 Å². The highest BCUT2D eigenvalue weighted by atomic mass is 32.1. The van der Waals surface area contributed by atoms with Crippen LogP contribution in [0.5, 0.6) is 0 Å². The van der Waals surface area contributed by atoms with Crippen molar-refractivity contribution >= 4 is 61.5 Å². The average Bonchev–Trinajstić information content (AvgIpc) is 2.65. The van der Waals surface area contributed by atoms with E-state index in [-0.39, 0.29) is 0 Å². The van der Waals surface area contributed by atoms with Crippen LogP contribution in [0.2, 0.25) is 0 Å². The van der Waals surface area contributed by atoms with Gasteiger partial charge in [-0.15, -0.1) is 0 Å². The van der Waals surface area contributed by atoms with E-state index in [1.165, 1.54) is 0 Å². The van der Waals surface area contributed by atoms with E-state index in [2.05, 4.69) is 26.7 Å². The van der Waals surface area contributed by atoms with Crippen molar-refractivity contribution in [1.29, 1.82) is 0 Å². The van der Waals surface area contributed by atoms with Crippen LogP contribution in [0.25, 0.3) is 0 Å². The molecule has 266 valence electrons. The smallest absolute Gasteiger partial charge is 0.387 e. The summed E-state index contributed by atoms with van der Waals surface area (Å²) in [5.74, 6) is 0. The molecular weight excluding hydrogens is 800 g/mol. The van der Waals surface area contributed by atoms with Crippen LogP contribution in [0.15, 0.2) is 0 Å². The molecule has 0 aromatic heterocycles. The van der Waals surface area contributed by atoms with Crippen LogP contribution >= 0.6 is 61.5 Å². The third-order valence-electron chi connectivity index (χ3n) is 3.78. The van der Waals surface area contributed by atoms with E-state index in [0.717, 1.165) is 0 Å². The van der Waals surface area contributed by atoms with E-state index in [9.17, 15) is 46.7 Å². The van der Waals surface area contributed by atoms with E-state index in [0.29, 0.717) is 0 Å². The van der Waals surface area contributed by atoms with Gasteiger partial charge in [-0.3, -0.25) is 18.1 Å². The minimum absolute atomic E-state index is 2.60. The number of hydrogen-bond donors (Lipinski definition) is 16. The summed E-state index contributed by atoms with van der Waals surface area (Å²) in [7, 11) is -45.7. The molecule has 1 aliphatic rings. The Morgan fingerprint density at radius 3 is 0.659 bits per heavy atom. The Labute approximate surface area is 240 Å². The van der Waals surface area contributed by atoms with Crippen molar-refractivity contribution in [2.45, 2.75) is 36.6 Å². The number of aliphatic hydroxyl groups excluding tert-OH is 2. The van der Waals surface area contributed by atoms with Gasteiger partial charge in [0.1, 0.15) is 36.6 Å². The van der Waals surface area contributed by atoms with Crippen molar-refractivity contribution in [2.75, 3.05) is 0 Å². The summed E-state index contributed by atoms with van der Waals surface area (Å²) in [6.07, 6.45) is -15.9. The molecule has 38 heteroatoms.